The van der Waals surface area contributed by atoms with Crippen LogP contribution in [-0.4, -0.2) is 18.5 Å². The van der Waals surface area contributed by atoms with Crippen LogP contribution in [0.25, 0.3) is 0 Å². The van der Waals surface area contributed by atoms with Crippen LogP contribution in [0, 0.1) is 11.3 Å². The van der Waals surface area contributed by atoms with Gasteiger partial charge >= 0.3 is 0 Å². The van der Waals surface area contributed by atoms with E-state index < -0.39 is 0 Å². The molecule has 0 aromatic rings. The lowest BCUT2D eigenvalue weighted by molar-refractivity contribution is -0.137. The molecule has 0 aliphatic heterocycles. The summed E-state index contributed by atoms with van der Waals surface area (Å²) in [7, 11) is 0. The Bertz CT molecular complexity index is 275. The van der Waals surface area contributed by atoms with Crippen molar-refractivity contribution in [2.24, 2.45) is 17.1 Å². The van der Waals surface area contributed by atoms with Gasteiger partial charge in [-0.25, -0.2) is 0 Å². The number of nitrogens with two attached hydrogens (primary N) is 1. The van der Waals surface area contributed by atoms with Gasteiger partial charge in [0.15, 0.2) is 0 Å². The van der Waals surface area contributed by atoms with Crippen molar-refractivity contribution in [1.29, 1.82) is 0 Å². The first-order chi connectivity index (χ1) is 8.72. The van der Waals surface area contributed by atoms with Gasteiger partial charge in [0.2, 0.25) is 5.91 Å². The van der Waals surface area contributed by atoms with Gasteiger partial charge in [-0.05, 0) is 38.0 Å². The van der Waals surface area contributed by atoms with Crippen LogP contribution in [0.4, 0.5) is 0 Å². The maximum atomic E-state index is 12.4. The predicted molar refractivity (Wildman–Crippen MR) is 74.1 cm³/mol. The van der Waals surface area contributed by atoms with E-state index in [1.54, 1.807) is 0 Å². The molecule has 2 aliphatic carbocycles. The van der Waals surface area contributed by atoms with E-state index in [-0.39, 0.29) is 17.4 Å². The molecule has 3 nitrogen and oxygen atoms in total. The molecule has 0 radical (unpaired) electrons. The Labute approximate surface area is 111 Å². The van der Waals surface area contributed by atoms with Crippen molar-refractivity contribution in [1.82, 2.24) is 5.32 Å². The molecule has 0 spiro atoms. The standard InChI is InChI=1S/C15H28N2O/c1-2-15(9-6-10-15)14(18)17-13(11-16)12-7-4-3-5-8-12/h12-13H,2-11,16H2,1H3,(H,17,18). The molecular formula is C15H28N2O. The lowest BCUT2D eigenvalue weighted by Gasteiger charge is -2.41. The van der Waals surface area contributed by atoms with Crippen LogP contribution in [-0.2, 0) is 4.79 Å². The fraction of sp³-hybridized carbons (Fsp3) is 0.933. The maximum absolute atomic E-state index is 12.4. The summed E-state index contributed by atoms with van der Waals surface area (Å²) in [6.07, 6.45) is 10.7. The van der Waals surface area contributed by atoms with Crippen LogP contribution >= 0.6 is 0 Å². The first-order valence-electron chi connectivity index (χ1n) is 7.73. The molecule has 1 unspecified atom stereocenters. The molecule has 18 heavy (non-hydrogen) atoms. The zero-order valence-electron chi connectivity index (χ0n) is 11.7. The second-order valence-electron chi connectivity index (χ2n) is 6.20. The van der Waals surface area contributed by atoms with Crippen LogP contribution < -0.4 is 11.1 Å². The smallest absolute Gasteiger partial charge is 0.226 e. The molecule has 0 aromatic carbocycles. The van der Waals surface area contributed by atoms with Crippen LogP contribution in [0.2, 0.25) is 0 Å². The largest absolute Gasteiger partial charge is 0.351 e. The van der Waals surface area contributed by atoms with Crippen LogP contribution in [0.1, 0.15) is 64.7 Å². The minimum atomic E-state index is -0.0535. The molecule has 1 atom stereocenters. The first kappa shape index (κ1) is 13.9. The highest BCUT2D eigenvalue weighted by Gasteiger charge is 2.43. The minimum absolute atomic E-state index is 0.0535. The van der Waals surface area contributed by atoms with Crippen molar-refractivity contribution >= 4 is 5.91 Å². The van der Waals surface area contributed by atoms with E-state index in [4.69, 9.17) is 5.73 Å². The van der Waals surface area contributed by atoms with Crippen molar-refractivity contribution < 1.29 is 4.79 Å². The Hall–Kier alpha value is -0.570. The number of hydrogen-bond donors (Lipinski definition) is 2. The Morgan fingerprint density at radius 1 is 1.28 bits per heavy atom. The molecule has 2 fully saturated rings. The van der Waals surface area contributed by atoms with E-state index in [1.165, 1.54) is 38.5 Å². The Balaban J connectivity index is 1.90. The summed E-state index contributed by atoms with van der Waals surface area (Å²) in [6.45, 7) is 2.73. The van der Waals surface area contributed by atoms with Crippen molar-refractivity contribution in [2.45, 2.75) is 70.8 Å². The first-order valence-corrected chi connectivity index (χ1v) is 7.73. The van der Waals surface area contributed by atoms with E-state index in [1.807, 2.05) is 0 Å². The average molecular weight is 252 g/mol. The van der Waals surface area contributed by atoms with Crippen LogP contribution in [0.15, 0.2) is 0 Å². The van der Waals surface area contributed by atoms with Crippen molar-refractivity contribution in [3.63, 3.8) is 0 Å². The number of nitrogens with one attached hydrogen (secondary N) is 1. The molecule has 2 aliphatic rings. The molecular weight excluding hydrogens is 224 g/mol. The number of carbonyl (C=O) groups is 1. The molecule has 0 bridgehead atoms. The third kappa shape index (κ3) is 2.71. The van der Waals surface area contributed by atoms with Gasteiger partial charge in [0.25, 0.3) is 0 Å². The number of amides is 1. The van der Waals surface area contributed by atoms with Crippen LogP contribution in [0.5, 0.6) is 0 Å². The zero-order chi connectivity index (χ0) is 13.0. The summed E-state index contributed by atoms with van der Waals surface area (Å²) in [4.78, 5) is 12.4. The van der Waals surface area contributed by atoms with Gasteiger partial charge in [0.05, 0.1) is 0 Å². The Morgan fingerprint density at radius 3 is 2.39 bits per heavy atom. The monoisotopic (exact) mass is 252 g/mol. The summed E-state index contributed by atoms with van der Waals surface area (Å²) in [5, 5.41) is 3.27. The zero-order valence-corrected chi connectivity index (χ0v) is 11.7. The quantitative estimate of drug-likeness (QED) is 0.790. The SMILES string of the molecule is CCC1(C(=O)NC(CN)C2CCCCC2)CCC1. The van der Waals surface area contributed by atoms with Gasteiger partial charge in [-0.15, -0.1) is 0 Å². The Kier molecular flexibility index (Phi) is 4.66. The molecule has 3 heteroatoms. The number of carbonyl (C=O) groups excluding carboxylic acids is 1. The molecule has 0 aromatic heterocycles. The van der Waals surface area contributed by atoms with Gasteiger partial charge in [-0.1, -0.05) is 32.6 Å². The maximum Gasteiger partial charge on any atom is 0.226 e. The molecule has 0 saturated heterocycles. The molecule has 3 N–H and O–H groups in total. The van der Waals surface area contributed by atoms with Crippen molar-refractivity contribution in [3.8, 4) is 0 Å². The van der Waals surface area contributed by atoms with Gasteiger partial charge < -0.3 is 11.1 Å². The molecule has 0 heterocycles. The van der Waals surface area contributed by atoms with Crippen molar-refractivity contribution in [2.75, 3.05) is 6.54 Å². The van der Waals surface area contributed by atoms with E-state index in [9.17, 15) is 4.79 Å². The molecule has 2 rings (SSSR count). The highest BCUT2D eigenvalue weighted by Crippen LogP contribution is 2.44. The van der Waals surface area contributed by atoms with Gasteiger partial charge in [0, 0.05) is 18.0 Å². The number of hydrogen-bond acceptors (Lipinski definition) is 2. The topological polar surface area (TPSA) is 55.1 Å². The summed E-state index contributed by atoms with van der Waals surface area (Å²) >= 11 is 0. The number of rotatable bonds is 5. The molecule has 2 saturated carbocycles. The lowest BCUT2D eigenvalue weighted by Crippen LogP contribution is -2.53. The highest BCUT2D eigenvalue weighted by atomic mass is 16.2. The van der Waals surface area contributed by atoms with E-state index in [0.717, 1.165) is 19.3 Å². The fourth-order valence-electron chi connectivity index (χ4n) is 3.57. The van der Waals surface area contributed by atoms with E-state index in [2.05, 4.69) is 12.2 Å². The third-order valence-electron chi connectivity index (χ3n) is 5.26. The second kappa shape index (κ2) is 6.05. The van der Waals surface area contributed by atoms with Gasteiger partial charge in [-0.3, -0.25) is 4.79 Å². The average Bonchev–Trinajstić information content (AvgIpc) is 2.36. The highest BCUT2D eigenvalue weighted by molar-refractivity contribution is 5.83. The second-order valence-corrected chi connectivity index (χ2v) is 6.20. The summed E-state index contributed by atoms with van der Waals surface area (Å²) in [6, 6.07) is 0.210. The summed E-state index contributed by atoms with van der Waals surface area (Å²) < 4.78 is 0. The summed E-state index contributed by atoms with van der Waals surface area (Å²) in [5.41, 5.74) is 5.83. The minimum Gasteiger partial charge on any atom is -0.351 e. The van der Waals surface area contributed by atoms with E-state index in [0.29, 0.717) is 12.5 Å². The molecule has 1 amide bonds. The Morgan fingerprint density at radius 2 is 1.94 bits per heavy atom. The van der Waals surface area contributed by atoms with Crippen LogP contribution in [0.3, 0.4) is 0 Å². The molecule has 104 valence electrons. The van der Waals surface area contributed by atoms with Gasteiger partial charge in [-0.2, -0.15) is 0 Å². The summed E-state index contributed by atoms with van der Waals surface area (Å²) in [5.74, 6) is 0.888. The normalized spacial score (nSPS) is 25.2. The lowest BCUT2D eigenvalue weighted by atomic mass is 9.66. The third-order valence-corrected chi connectivity index (χ3v) is 5.26. The van der Waals surface area contributed by atoms with Crippen molar-refractivity contribution in [3.05, 3.63) is 0 Å². The van der Waals surface area contributed by atoms with E-state index >= 15 is 0 Å². The fourth-order valence-corrected chi connectivity index (χ4v) is 3.57. The predicted octanol–water partition coefficient (Wildman–Crippen LogP) is 2.59. The van der Waals surface area contributed by atoms with Gasteiger partial charge in [0.1, 0.15) is 0 Å².